The van der Waals surface area contributed by atoms with Gasteiger partial charge in [-0.2, -0.15) is 0 Å². The van der Waals surface area contributed by atoms with Gasteiger partial charge in [0.1, 0.15) is 5.54 Å². The van der Waals surface area contributed by atoms with Gasteiger partial charge >= 0.3 is 0 Å². The molecule has 3 aliphatic rings. The molecule has 2 saturated heterocycles. The van der Waals surface area contributed by atoms with Crippen LogP contribution < -0.4 is 5.32 Å². The minimum Gasteiger partial charge on any atom is -0.361 e. The molecule has 1 aromatic heterocycles. The van der Waals surface area contributed by atoms with Gasteiger partial charge in [-0.1, -0.05) is 25.3 Å². The lowest BCUT2D eigenvalue weighted by Gasteiger charge is -2.45. The largest absolute Gasteiger partial charge is 0.361 e. The Balaban J connectivity index is 1.29. The molecule has 6 nitrogen and oxygen atoms in total. The fourth-order valence-corrected chi connectivity index (χ4v) is 6.91. The molecule has 2 aromatic rings. The van der Waals surface area contributed by atoms with E-state index in [1.807, 2.05) is 37.4 Å². The quantitative estimate of drug-likeness (QED) is 0.648. The van der Waals surface area contributed by atoms with Crippen LogP contribution in [0.25, 0.3) is 10.9 Å². The summed E-state index contributed by atoms with van der Waals surface area (Å²) in [5.41, 5.74) is 0.692. The zero-order chi connectivity index (χ0) is 24.4. The summed E-state index contributed by atoms with van der Waals surface area (Å²) in [6.07, 6.45) is 12.2. The molecule has 1 aliphatic carbocycles. The van der Waals surface area contributed by atoms with Crippen LogP contribution in [0.4, 0.5) is 0 Å². The van der Waals surface area contributed by atoms with Crippen LogP contribution >= 0.6 is 0 Å². The third-order valence-electron chi connectivity index (χ3n) is 9.31. The molecular weight excluding hydrogens is 436 g/mol. The van der Waals surface area contributed by atoms with Crippen LogP contribution in [0.15, 0.2) is 30.5 Å². The van der Waals surface area contributed by atoms with E-state index in [0.29, 0.717) is 5.56 Å². The van der Waals surface area contributed by atoms with Crippen molar-refractivity contribution in [1.29, 1.82) is 0 Å². The van der Waals surface area contributed by atoms with Crippen molar-refractivity contribution in [3.8, 4) is 0 Å². The number of amides is 2. The molecule has 0 bridgehead atoms. The highest BCUT2D eigenvalue weighted by Crippen LogP contribution is 2.37. The highest BCUT2D eigenvalue weighted by Gasteiger charge is 2.46. The molecular formula is C29H42N4O2. The number of aromatic amines is 1. The number of nitrogens with zero attached hydrogens (tertiary/aromatic N) is 2. The molecule has 2 aliphatic heterocycles. The summed E-state index contributed by atoms with van der Waals surface area (Å²) in [4.78, 5) is 35.2. The molecule has 0 spiro atoms. The van der Waals surface area contributed by atoms with Crippen molar-refractivity contribution < 1.29 is 9.59 Å². The first kappa shape index (κ1) is 24.4. The van der Waals surface area contributed by atoms with Gasteiger partial charge in [-0.3, -0.25) is 9.59 Å². The number of hydrogen-bond donors (Lipinski definition) is 2. The molecule has 190 valence electrons. The van der Waals surface area contributed by atoms with E-state index in [9.17, 15) is 9.59 Å². The third kappa shape index (κ3) is 5.13. The number of likely N-dealkylation sites (tertiary alicyclic amines) is 2. The summed E-state index contributed by atoms with van der Waals surface area (Å²) in [5, 5.41) is 4.35. The first-order chi connectivity index (χ1) is 16.9. The number of carbonyl (C=O) groups excluding carboxylic acids is 2. The maximum atomic E-state index is 14.1. The highest BCUT2D eigenvalue weighted by atomic mass is 16.2. The van der Waals surface area contributed by atoms with Gasteiger partial charge in [-0.05, 0) is 107 Å². The lowest BCUT2D eigenvalue weighted by Crippen LogP contribution is -2.63. The Bertz CT molecular complexity index is 1030. The van der Waals surface area contributed by atoms with Crippen molar-refractivity contribution in [1.82, 2.24) is 20.1 Å². The van der Waals surface area contributed by atoms with E-state index in [-0.39, 0.29) is 17.7 Å². The smallest absolute Gasteiger partial charge is 0.252 e. The van der Waals surface area contributed by atoms with Crippen molar-refractivity contribution in [2.75, 3.05) is 33.2 Å². The van der Waals surface area contributed by atoms with Crippen LogP contribution in [0.5, 0.6) is 0 Å². The molecule has 3 fully saturated rings. The molecule has 0 unspecified atom stereocenters. The Hall–Kier alpha value is -2.34. The number of rotatable bonds is 5. The molecule has 1 aromatic carbocycles. The maximum Gasteiger partial charge on any atom is 0.252 e. The first-order valence-corrected chi connectivity index (χ1v) is 13.8. The molecule has 5 rings (SSSR count). The minimum atomic E-state index is -0.859. The number of H-pyrrole nitrogens is 1. The van der Waals surface area contributed by atoms with E-state index in [0.717, 1.165) is 74.4 Å². The minimum absolute atomic E-state index is 0.125. The lowest BCUT2D eigenvalue weighted by molar-refractivity contribution is -0.142. The molecule has 35 heavy (non-hydrogen) atoms. The van der Waals surface area contributed by atoms with Crippen LogP contribution in [-0.4, -0.2) is 65.4 Å². The summed E-state index contributed by atoms with van der Waals surface area (Å²) in [5.74, 6) is 1.70. The van der Waals surface area contributed by atoms with Crippen molar-refractivity contribution in [2.24, 2.45) is 17.8 Å². The van der Waals surface area contributed by atoms with Crippen LogP contribution in [0, 0.1) is 17.8 Å². The van der Waals surface area contributed by atoms with Crippen LogP contribution in [0.1, 0.15) is 75.1 Å². The molecule has 1 atom stereocenters. The van der Waals surface area contributed by atoms with Gasteiger partial charge in [0, 0.05) is 30.4 Å². The fourth-order valence-electron chi connectivity index (χ4n) is 6.91. The average Bonchev–Trinajstić information content (AvgIpc) is 3.37. The Labute approximate surface area is 209 Å². The number of piperidine rings is 2. The molecule has 1 saturated carbocycles. The topological polar surface area (TPSA) is 68.4 Å². The van der Waals surface area contributed by atoms with Gasteiger partial charge in [-0.25, -0.2) is 0 Å². The van der Waals surface area contributed by atoms with Gasteiger partial charge < -0.3 is 20.1 Å². The standard InChI is InChI=1S/C29H42N4O2/c1-29(25-6-4-3-5-7-25,31-27(34)24-9-8-23-10-15-30-26(23)20-24)28(35)33-18-13-22(14-19-33)21-11-16-32(2)17-12-21/h8-10,15,20-22,25,30H,3-7,11-14,16-19H2,1-2H3,(H,31,34)/t29-/m1/s1. The van der Waals surface area contributed by atoms with Gasteiger partial charge in [0.05, 0.1) is 0 Å². The number of fused-ring (bicyclic) bond motifs is 1. The lowest BCUT2D eigenvalue weighted by atomic mass is 9.73. The molecule has 6 heteroatoms. The van der Waals surface area contributed by atoms with Crippen molar-refractivity contribution >= 4 is 22.7 Å². The summed E-state index contributed by atoms with van der Waals surface area (Å²) in [6, 6.07) is 7.73. The van der Waals surface area contributed by atoms with E-state index < -0.39 is 5.54 Å². The summed E-state index contributed by atoms with van der Waals surface area (Å²) in [7, 11) is 2.22. The second-order valence-corrected chi connectivity index (χ2v) is 11.5. The van der Waals surface area contributed by atoms with Gasteiger partial charge in [0.25, 0.3) is 5.91 Å². The zero-order valence-corrected chi connectivity index (χ0v) is 21.5. The van der Waals surface area contributed by atoms with Crippen LogP contribution in [0.3, 0.4) is 0 Å². The number of carbonyl (C=O) groups is 2. The Morgan fingerprint density at radius 1 is 0.914 bits per heavy atom. The van der Waals surface area contributed by atoms with Crippen molar-refractivity contribution in [3.63, 3.8) is 0 Å². The summed E-state index contributed by atoms with van der Waals surface area (Å²) < 4.78 is 0. The predicted molar refractivity (Wildman–Crippen MR) is 140 cm³/mol. The number of aromatic nitrogens is 1. The van der Waals surface area contributed by atoms with Crippen molar-refractivity contribution in [3.05, 3.63) is 36.0 Å². The highest BCUT2D eigenvalue weighted by molar-refractivity contribution is 6.01. The van der Waals surface area contributed by atoms with E-state index in [1.54, 1.807) is 0 Å². The monoisotopic (exact) mass is 478 g/mol. The van der Waals surface area contributed by atoms with Gasteiger partial charge in [-0.15, -0.1) is 0 Å². The van der Waals surface area contributed by atoms with E-state index >= 15 is 0 Å². The van der Waals surface area contributed by atoms with Crippen LogP contribution in [0.2, 0.25) is 0 Å². The van der Waals surface area contributed by atoms with Gasteiger partial charge in [0.15, 0.2) is 0 Å². The van der Waals surface area contributed by atoms with Gasteiger partial charge in [0.2, 0.25) is 5.91 Å². The number of nitrogens with one attached hydrogen (secondary N) is 2. The summed E-state index contributed by atoms with van der Waals surface area (Å²) >= 11 is 0. The van der Waals surface area contributed by atoms with E-state index in [2.05, 4.69) is 27.1 Å². The normalized spacial score (nSPS) is 23.3. The predicted octanol–water partition coefficient (Wildman–Crippen LogP) is 4.82. The average molecular weight is 479 g/mol. The number of benzene rings is 1. The van der Waals surface area contributed by atoms with Crippen molar-refractivity contribution in [2.45, 2.75) is 70.3 Å². The van der Waals surface area contributed by atoms with E-state index in [1.165, 1.54) is 32.4 Å². The second kappa shape index (κ2) is 10.3. The maximum absolute atomic E-state index is 14.1. The Kier molecular flexibility index (Phi) is 7.19. The molecule has 0 radical (unpaired) electrons. The Morgan fingerprint density at radius 3 is 2.26 bits per heavy atom. The van der Waals surface area contributed by atoms with Crippen LogP contribution in [-0.2, 0) is 4.79 Å². The number of hydrogen-bond acceptors (Lipinski definition) is 3. The SMILES string of the molecule is CN1CCC(C2CCN(C(=O)[C@](C)(NC(=O)c3ccc4cc[nH]c4c3)C3CCCCC3)CC2)CC1. The first-order valence-electron chi connectivity index (χ1n) is 13.8. The second-order valence-electron chi connectivity index (χ2n) is 11.5. The fraction of sp³-hybridized carbons (Fsp3) is 0.655. The Morgan fingerprint density at radius 2 is 1.57 bits per heavy atom. The molecule has 2 N–H and O–H groups in total. The molecule has 3 heterocycles. The molecule has 2 amide bonds. The summed E-state index contributed by atoms with van der Waals surface area (Å²) in [6.45, 7) is 6.04. The third-order valence-corrected chi connectivity index (χ3v) is 9.31. The van der Waals surface area contributed by atoms with E-state index in [4.69, 9.17) is 0 Å². The zero-order valence-electron chi connectivity index (χ0n) is 21.5.